The first-order valence-corrected chi connectivity index (χ1v) is 6.31. The molecule has 1 aliphatic heterocycles. The molecule has 2 rings (SSSR count). The molecule has 1 amide bonds. The molecule has 2 heterocycles. The number of rotatable bonds is 3. The zero-order valence-corrected chi connectivity index (χ0v) is 11.8. The molecular formula is C13H19BN2O3. The van der Waals surface area contributed by atoms with Crippen LogP contribution in [0.15, 0.2) is 18.3 Å². The van der Waals surface area contributed by atoms with Gasteiger partial charge in [0.2, 0.25) is 5.91 Å². The zero-order chi connectivity index (χ0) is 14.3. The summed E-state index contributed by atoms with van der Waals surface area (Å²) in [5.41, 5.74) is 5.77. The zero-order valence-electron chi connectivity index (χ0n) is 11.8. The minimum absolute atomic E-state index is 0.0836. The van der Waals surface area contributed by atoms with E-state index < -0.39 is 24.2 Å². The van der Waals surface area contributed by atoms with E-state index in [1.165, 1.54) is 0 Å². The third kappa shape index (κ3) is 2.64. The van der Waals surface area contributed by atoms with Gasteiger partial charge in [0.1, 0.15) is 0 Å². The molecule has 0 bridgehead atoms. The summed E-state index contributed by atoms with van der Waals surface area (Å²) in [4.78, 5) is 15.3. The number of nitrogens with two attached hydrogens (primary N) is 1. The topological polar surface area (TPSA) is 74.4 Å². The van der Waals surface area contributed by atoms with Crippen LogP contribution in [-0.2, 0) is 20.5 Å². The summed E-state index contributed by atoms with van der Waals surface area (Å²) in [6.45, 7) is 7.93. The highest BCUT2D eigenvalue weighted by Gasteiger charge is 2.52. The van der Waals surface area contributed by atoms with Crippen LogP contribution in [0.25, 0.3) is 0 Å². The summed E-state index contributed by atoms with van der Waals surface area (Å²) >= 11 is 0. The largest absolute Gasteiger partial charge is 0.496 e. The van der Waals surface area contributed by atoms with Crippen LogP contribution >= 0.6 is 0 Å². The number of hydrogen-bond donors (Lipinski definition) is 1. The smallest absolute Gasteiger partial charge is 0.399 e. The van der Waals surface area contributed by atoms with E-state index in [9.17, 15) is 4.79 Å². The SMILES string of the molecule is CC1(C)OB(c2cccnc2CC(N)=O)OC1(C)C. The van der Waals surface area contributed by atoms with Crippen molar-refractivity contribution in [1.29, 1.82) is 0 Å². The Morgan fingerprint density at radius 1 is 1.32 bits per heavy atom. The Morgan fingerprint density at radius 3 is 2.42 bits per heavy atom. The van der Waals surface area contributed by atoms with Gasteiger partial charge < -0.3 is 15.0 Å². The maximum atomic E-state index is 11.1. The van der Waals surface area contributed by atoms with Crippen molar-refractivity contribution in [2.75, 3.05) is 0 Å². The number of nitrogens with zero attached hydrogens (tertiary/aromatic N) is 1. The fraction of sp³-hybridized carbons (Fsp3) is 0.538. The van der Waals surface area contributed by atoms with Crippen LogP contribution in [-0.4, -0.2) is 29.2 Å². The summed E-state index contributed by atoms with van der Waals surface area (Å²) in [6, 6.07) is 3.65. The van der Waals surface area contributed by atoms with Gasteiger partial charge >= 0.3 is 7.12 Å². The first-order chi connectivity index (χ1) is 8.73. The second-order valence-corrected chi connectivity index (χ2v) is 5.77. The second kappa shape index (κ2) is 4.61. The molecule has 1 aromatic rings. The molecule has 0 unspecified atom stereocenters. The number of carbonyl (C=O) groups is 1. The van der Waals surface area contributed by atoms with Crippen molar-refractivity contribution in [3.05, 3.63) is 24.0 Å². The van der Waals surface area contributed by atoms with Crippen LogP contribution in [0.3, 0.4) is 0 Å². The van der Waals surface area contributed by atoms with Gasteiger partial charge in [-0.15, -0.1) is 0 Å². The van der Waals surface area contributed by atoms with E-state index >= 15 is 0 Å². The van der Waals surface area contributed by atoms with Crippen molar-refractivity contribution >= 4 is 18.5 Å². The standard InChI is InChI=1S/C13H19BN2O3/c1-12(2)13(3,4)19-14(18-12)9-6-5-7-16-10(9)8-11(15)17/h5-7H,8H2,1-4H3,(H2,15,17). The number of hydrogen-bond acceptors (Lipinski definition) is 4. The lowest BCUT2D eigenvalue weighted by Crippen LogP contribution is -2.41. The molecule has 1 fully saturated rings. The Balaban J connectivity index is 2.32. The van der Waals surface area contributed by atoms with Gasteiger partial charge in [-0.2, -0.15) is 0 Å². The normalized spacial score (nSPS) is 20.5. The van der Waals surface area contributed by atoms with Gasteiger partial charge in [0.05, 0.1) is 17.6 Å². The maximum absolute atomic E-state index is 11.1. The molecular weight excluding hydrogens is 243 g/mol. The van der Waals surface area contributed by atoms with Crippen LogP contribution in [0.2, 0.25) is 0 Å². The number of primary amides is 1. The van der Waals surface area contributed by atoms with Crippen LogP contribution < -0.4 is 11.2 Å². The molecule has 0 radical (unpaired) electrons. The molecule has 19 heavy (non-hydrogen) atoms. The number of aromatic nitrogens is 1. The lowest BCUT2D eigenvalue weighted by molar-refractivity contribution is -0.117. The van der Waals surface area contributed by atoms with Crippen LogP contribution in [0.5, 0.6) is 0 Å². The highest BCUT2D eigenvalue weighted by Crippen LogP contribution is 2.36. The minimum Gasteiger partial charge on any atom is -0.399 e. The summed E-state index contributed by atoms with van der Waals surface area (Å²) in [6.07, 6.45) is 1.72. The average molecular weight is 262 g/mol. The average Bonchev–Trinajstić information content (AvgIpc) is 2.48. The Morgan fingerprint density at radius 2 is 1.89 bits per heavy atom. The van der Waals surface area contributed by atoms with E-state index in [0.29, 0.717) is 5.69 Å². The summed E-state index contributed by atoms with van der Waals surface area (Å²) in [7, 11) is -0.520. The summed E-state index contributed by atoms with van der Waals surface area (Å²) in [5.74, 6) is -0.420. The Labute approximate surface area is 113 Å². The maximum Gasteiger partial charge on any atom is 0.496 e. The van der Waals surface area contributed by atoms with Crippen LogP contribution in [0.1, 0.15) is 33.4 Å². The van der Waals surface area contributed by atoms with E-state index in [1.807, 2.05) is 33.8 Å². The predicted octanol–water partition coefficient (Wildman–Crippen LogP) is 0.409. The van der Waals surface area contributed by atoms with E-state index in [2.05, 4.69) is 4.98 Å². The molecule has 0 atom stereocenters. The van der Waals surface area contributed by atoms with Gasteiger partial charge in [-0.3, -0.25) is 9.78 Å². The second-order valence-electron chi connectivity index (χ2n) is 5.77. The molecule has 6 heteroatoms. The van der Waals surface area contributed by atoms with Crippen molar-refractivity contribution in [3.8, 4) is 0 Å². The quantitative estimate of drug-likeness (QED) is 0.800. The lowest BCUT2D eigenvalue weighted by atomic mass is 9.77. The Hall–Kier alpha value is -1.40. The first-order valence-electron chi connectivity index (χ1n) is 6.31. The molecule has 2 N–H and O–H groups in total. The van der Waals surface area contributed by atoms with E-state index in [0.717, 1.165) is 5.46 Å². The molecule has 1 aromatic heterocycles. The Kier molecular flexibility index (Phi) is 3.41. The molecule has 5 nitrogen and oxygen atoms in total. The first kappa shape index (κ1) is 14.0. The van der Waals surface area contributed by atoms with Gasteiger partial charge in [-0.1, -0.05) is 6.07 Å². The molecule has 0 saturated carbocycles. The van der Waals surface area contributed by atoms with Gasteiger partial charge in [-0.25, -0.2) is 0 Å². The molecule has 102 valence electrons. The number of carbonyl (C=O) groups excluding carboxylic acids is 1. The van der Waals surface area contributed by atoms with Gasteiger partial charge in [0, 0.05) is 17.4 Å². The highest BCUT2D eigenvalue weighted by molar-refractivity contribution is 6.62. The molecule has 1 saturated heterocycles. The van der Waals surface area contributed by atoms with Gasteiger partial charge in [-0.05, 0) is 33.8 Å². The van der Waals surface area contributed by atoms with Gasteiger partial charge in [0.15, 0.2) is 0 Å². The van der Waals surface area contributed by atoms with Gasteiger partial charge in [0.25, 0.3) is 0 Å². The number of pyridine rings is 1. The minimum atomic E-state index is -0.520. The van der Waals surface area contributed by atoms with E-state index in [-0.39, 0.29) is 6.42 Å². The van der Waals surface area contributed by atoms with Crippen LogP contribution in [0, 0.1) is 0 Å². The van der Waals surface area contributed by atoms with Crippen molar-refractivity contribution in [3.63, 3.8) is 0 Å². The van der Waals surface area contributed by atoms with E-state index in [4.69, 9.17) is 15.0 Å². The summed E-state index contributed by atoms with van der Waals surface area (Å²) < 4.78 is 11.9. The monoisotopic (exact) mass is 262 g/mol. The third-order valence-electron chi connectivity index (χ3n) is 3.77. The highest BCUT2D eigenvalue weighted by atomic mass is 16.7. The summed E-state index contributed by atoms with van der Waals surface area (Å²) in [5, 5.41) is 0. The number of amides is 1. The predicted molar refractivity (Wildman–Crippen MR) is 72.9 cm³/mol. The molecule has 0 spiro atoms. The lowest BCUT2D eigenvalue weighted by Gasteiger charge is -2.32. The fourth-order valence-corrected chi connectivity index (χ4v) is 1.95. The van der Waals surface area contributed by atoms with E-state index in [1.54, 1.807) is 12.3 Å². The molecule has 1 aliphatic rings. The van der Waals surface area contributed by atoms with Crippen molar-refractivity contribution < 1.29 is 14.1 Å². The third-order valence-corrected chi connectivity index (χ3v) is 3.77. The van der Waals surface area contributed by atoms with Crippen molar-refractivity contribution in [1.82, 2.24) is 4.98 Å². The fourth-order valence-electron chi connectivity index (χ4n) is 1.95. The molecule has 0 aromatic carbocycles. The Bertz CT molecular complexity index is 486. The van der Waals surface area contributed by atoms with Crippen molar-refractivity contribution in [2.45, 2.75) is 45.3 Å². The van der Waals surface area contributed by atoms with Crippen LogP contribution in [0.4, 0.5) is 0 Å². The van der Waals surface area contributed by atoms with Crippen molar-refractivity contribution in [2.24, 2.45) is 5.73 Å². The molecule has 0 aliphatic carbocycles.